The van der Waals surface area contributed by atoms with Crippen LogP contribution in [0.1, 0.15) is 12.1 Å². The minimum absolute atomic E-state index is 0.518. The average Bonchev–Trinajstić information content (AvgIpc) is 2.72. The Hall–Kier alpha value is -2.58. The number of hydrazone groups is 1. The van der Waals surface area contributed by atoms with Crippen molar-refractivity contribution in [2.75, 3.05) is 43.4 Å². The van der Waals surface area contributed by atoms with Gasteiger partial charge in [-0.1, -0.05) is 17.7 Å². The standard InChI is InChI=1S/C19H21ClN6OS/c20-15-4-6-22-17-16(5-11-27-18(15)17)23-24-19(28)26-9-7-25(8-10-26)14-3-1-2-13(21)12-14/h1-4,6,12H,5,7-11,21H2,(H,24,28)/b23-16-. The highest BCUT2D eigenvalue weighted by atomic mass is 35.5. The van der Waals surface area contributed by atoms with Crippen LogP contribution in [0.3, 0.4) is 0 Å². The fourth-order valence-corrected chi connectivity index (χ4v) is 3.75. The molecule has 28 heavy (non-hydrogen) atoms. The molecular formula is C19H21ClN6OS. The van der Waals surface area contributed by atoms with Crippen molar-refractivity contribution in [1.82, 2.24) is 15.3 Å². The summed E-state index contributed by atoms with van der Waals surface area (Å²) in [6.45, 7) is 3.89. The Morgan fingerprint density at radius 1 is 1.25 bits per heavy atom. The second-order valence-electron chi connectivity index (χ2n) is 6.61. The first-order valence-electron chi connectivity index (χ1n) is 9.11. The van der Waals surface area contributed by atoms with E-state index in [2.05, 4.69) is 31.4 Å². The average molecular weight is 417 g/mol. The highest BCUT2D eigenvalue weighted by Crippen LogP contribution is 2.30. The molecule has 0 saturated carbocycles. The molecule has 4 rings (SSSR count). The highest BCUT2D eigenvalue weighted by molar-refractivity contribution is 7.80. The number of anilines is 2. The van der Waals surface area contributed by atoms with Gasteiger partial charge >= 0.3 is 0 Å². The molecule has 2 aromatic rings. The van der Waals surface area contributed by atoms with E-state index in [0.29, 0.717) is 34.6 Å². The molecule has 9 heteroatoms. The number of benzene rings is 1. The molecule has 2 aliphatic rings. The summed E-state index contributed by atoms with van der Waals surface area (Å²) < 4.78 is 5.61. The maximum atomic E-state index is 6.18. The van der Waals surface area contributed by atoms with Gasteiger partial charge < -0.3 is 20.3 Å². The van der Waals surface area contributed by atoms with E-state index >= 15 is 0 Å². The van der Waals surface area contributed by atoms with Gasteiger partial charge in [-0.25, -0.2) is 0 Å². The lowest BCUT2D eigenvalue weighted by molar-refractivity contribution is 0.318. The van der Waals surface area contributed by atoms with Crippen LogP contribution >= 0.6 is 23.8 Å². The van der Waals surface area contributed by atoms with Gasteiger partial charge in [0.1, 0.15) is 5.69 Å². The number of nitrogens with zero attached hydrogens (tertiary/aromatic N) is 4. The Kier molecular flexibility index (Phi) is 5.50. The number of aromatic nitrogens is 1. The second-order valence-corrected chi connectivity index (χ2v) is 7.41. The predicted molar refractivity (Wildman–Crippen MR) is 116 cm³/mol. The van der Waals surface area contributed by atoms with E-state index in [1.807, 2.05) is 18.2 Å². The van der Waals surface area contributed by atoms with Crippen molar-refractivity contribution in [1.29, 1.82) is 0 Å². The van der Waals surface area contributed by atoms with Gasteiger partial charge in [-0.2, -0.15) is 5.10 Å². The number of hydrogen-bond acceptors (Lipinski definition) is 6. The van der Waals surface area contributed by atoms with E-state index in [4.69, 9.17) is 34.3 Å². The summed E-state index contributed by atoms with van der Waals surface area (Å²) in [5.74, 6) is 0.581. The quantitative estimate of drug-likeness (QED) is 0.442. The summed E-state index contributed by atoms with van der Waals surface area (Å²) in [5.41, 5.74) is 12.3. The van der Waals surface area contributed by atoms with E-state index in [9.17, 15) is 0 Å². The van der Waals surface area contributed by atoms with E-state index < -0.39 is 0 Å². The van der Waals surface area contributed by atoms with Crippen molar-refractivity contribution in [3.8, 4) is 5.75 Å². The fraction of sp³-hybridized carbons (Fsp3) is 0.316. The molecule has 0 unspecified atom stereocenters. The summed E-state index contributed by atoms with van der Waals surface area (Å²) in [7, 11) is 0. The summed E-state index contributed by atoms with van der Waals surface area (Å²) in [6, 6.07) is 9.66. The normalized spacial score (nSPS) is 17.8. The van der Waals surface area contributed by atoms with Crippen LogP contribution in [0.15, 0.2) is 41.6 Å². The van der Waals surface area contributed by atoms with Crippen LogP contribution in [0.4, 0.5) is 11.4 Å². The number of nitrogens with one attached hydrogen (secondary N) is 1. The van der Waals surface area contributed by atoms with Gasteiger partial charge in [-0.3, -0.25) is 10.4 Å². The molecular weight excluding hydrogens is 396 g/mol. The van der Waals surface area contributed by atoms with Crippen LogP contribution in [-0.2, 0) is 0 Å². The lowest BCUT2D eigenvalue weighted by Gasteiger charge is -2.37. The summed E-state index contributed by atoms with van der Waals surface area (Å²) >= 11 is 11.7. The van der Waals surface area contributed by atoms with Gasteiger partial charge in [0.15, 0.2) is 10.9 Å². The van der Waals surface area contributed by atoms with Gasteiger partial charge in [-0.05, 0) is 36.5 Å². The summed E-state index contributed by atoms with van der Waals surface area (Å²) in [6.07, 6.45) is 2.30. The third-order valence-electron chi connectivity index (χ3n) is 4.80. The number of rotatable bonds is 2. The number of fused-ring (bicyclic) bond motifs is 1. The van der Waals surface area contributed by atoms with Crippen LogP contribution in [0.25, 0.3) is 0 Å². The zero-order chi connectivity index (χ0) is 19.5. The van der Waals surface area contributed by atoms with E-state index in [0.717, 1.165) is 43.3 Å². The maximum Gasteiger partial charge on any atom is 0.189 e. The Balaban J connectivity index is 1.37. The van der Waals surface area contributed by atoms with Gasteiger partial charge in [0.25, 0.3) is 0 Å². The van der Waals surface area contributed by atoms with Crippen LogP contribution in [0, 0.1) is 0 Å². The third kappa shape index (κ3) is 3.98. The molecule has 2 aliphatic heterocycles. The summed E-state index contributed by atoms with van der Waals surface area (Å²) in [5, 5.41) is 5.63. The van der Waals surface area contributed by atoms with Gasteiger partial charge in [0, 0.05) is 50.2 Å². The van der Waals surface area contributed by atoms with Crippen molar-refractivity contribution >= 4 is 46.0 Å². The van der Waals surface area contributed by atoms with Crippen LogP contribution in [0.5, 0.6) is 5.75 Å². The predicted octanol–water partition coefficient (Wildman–Crippen LogP) is 2.50. The van der Waals surface area contributed by atoms with Crippen molar-refractivity contribution in [3.63, 3.8) is 0 Å². The number of pyridine rings is 1. The molecule has 7 nitrogen and oxygen atoms in total. The van der Waals surface area contributed by atoms with Crippen molar-refractivity contribution in [3.05, 3.63) is 47.2 Å². The molecule has 0 spiro atoms. The number of hydrogen-bond donors (Lipinski definition) is 2. The molecule has 0 bridgehead atoms. The number of ether oxygens (including phenoxy) is 1. The van der Waals surface area contributed by atoms with Crippen molar-refractivity contribution in [2.24, 2.45) is 5.10 Å². The molecule has 1 fully saturated rings. The highest BCUT2D eigenvalue weighted by Gasteiger charge is 2.22. The first-order valence-corrected chi connectivity index (χ1v) is 9.90. The number of piperazine rings is 1. The monoisotopic (exact) mass is 416 g/mol. The lowest BCUT2D eigenvalue weighted by Crippen LogP contribution is -2.51. The zero-order valence-corrected chi connectivity index (χ0v) is 16.8. The molecule has 0 radical (unpaired) electrons. The van der Waals surface area contributed by atoms with E-state index in [1.54, 1.807) is 12.3 Å². The van der Waals surface area contributed by atoms with Gasteiger partial charge in [0.05, 0.1) is 17.3 Å². The number of nitrogens with two attached hydrogens (primary N) is 1. The topological polar surface area (TPSA) is 79.0 Å². The minimum Gasteiger partial charge on any atom is -0.489 e. The molecule has 0 aliphatic carbocycles. The number of nitrogen functional groups attached to an aromatic ring is 1. The van der Waals surface area contributed by atoms with Crippen LogP contribution < -0.4 is 20.8 Å². The van der Waals surface area contributed by atoms with E-state index in [1.165, 1.54) is 0 Å². The smallest absolute Gasteiger partial charge is 0.189 e. The zero-order valence-electron chi connectivity index (χ0n) is 15.3. The second kappa shape index (κ2) is 8.20. The van der Waals surface area contributed by atoms with Crippen molar-refractivity contribution < 1.29 is 4.74 Å². The Labute approximate surface area is 174 Å². The molecule has 0 atom stereocenters. The minimum atomic E-state index is 0.518. The largest absolute Gasteiger partial charge is 0.489 e. The molecule has 1 aromatic heterocycles. The number of halogens is 1. The fourth-order valence-electron chi connectivity index (χ4n) is 3.32. The third-order valence-corrected chi connectivity index (χ3v) is 5.45. The van der Waals surface area contributed by atoms with E-state index in [-0.39, 0.29) is 0 Å². The molecule has 3 N–H and O–H groups in total. The first kappa shape index (κ1) is 18.8. The van der Waals surface area contributed by atoms with Gasteiger partial charge in [0.2, 0.25) is 0 Å². The Bertz CT molecular complexity index is 913. The lowest BCUT2D eigenvalue weighted by atomic mass is 10.1. The molecule has 0 amide bonds. The molecule has 1 saturated heterocycles. The van der Waals surface area contributed by atoms with Crippen LogP contribution in [-0.4, -0.2) is 53.5 Å². The van der Waals surface area contributed by atoms with Crippen molar-refractivity contribution in [2.45, 2.75) is 6.42 Å². The SMILES string of the molecule is Nc1cccc(N2CCN(C(=S)N/N=C3/CCOc4c(Cl)ccnc43)CC2)c1. The first-order chi connectivity index (χ1) is 13.6. The number of thiocarbonyl (C=S) groups is 1. The molecule has 146 valence electrons. The Morgan fingerprint density at radius 2 is 2.07 bits per heavy atom. The Morgan fingerprint density at radius 3 is 2.86 bits per heavy atom. The molecule has 1 aromatic carbocycles. The maximum absolute atomic E-state index is 6.18. The van der Waals surface area contributed by atoms with Crippen LogP contribution in [0.2, 0.25) is 5.02 Å². The summed E-state index contributed by atoms with van der Waals surface area (Å²) in [4.78, 5) is 8.78. The molecule has 3 heterocycles. The van der Waals surface area contributed by atoms with Gasteiger partial charge in [-0.15, -0.1) is 0 Å².